The van der Waals surface area contributed by atoms with Gasteiger partial charge in [0.2, 0.25) is 0 Å². The Kier molecular flexibility index (Phi) is 4.98. The van der Waals surface area contributed by atoms with E-state index in [1.807, 2.05) is 34.5 Å². The highest BCUT2D eigenvalue weighted by molar-refractivity contribution is 7.21. The minimum atomic E-state index is 0.0246. The molecule has 0 unspecified atom stereocenters. The molecule has 2 aromatic heterocycles. The highest BCUT2D eigenvalue weighted by atomic mass is 35.5. The van der Waals surface area contributed by atoms with Crippen molar-refractivity contribution in [3.8, 4) is 9.88 Å². The summed E-state index contributed by atoms with van der Waals surface area (Å²) in [5.41, 5.74) is 1.70. The molecule has 3 heterocycles. The molecule has 0 radical (unpaired) electrons. The maximum atomic E-state index is 12.8. The first-order chi connectivity index (χ1) is 12.6. The molecule has 1 aromatic carbocycles. The van der Waals surface area contributed by atoms with Crippen LogP contribution in [0.15, 0.2) is 41.8 Å². The van der Waals surface area contributed by atoms with Crippen molar-refractivity contribution < 1.29 is 4.79 Å². The summed E-state index contributed by atoms with van der Waals surface area (Å²) >= 11 is 9.20. The molecule has 0 N–H and O–H groups in total. The normalized spacial score (nSPS) is 14.7. The molecule has 1 amide bonds. The van der Waals surface area contributed by atoms with Crippen LogP contribution >= 0.6 is 34.3 Å². The number of hydrogen-bond acceptors (Lipinski definition) is 5. The minimum absolute atomic E-state index is 0.0246. The monoisotopic (exact) mass is 403 g/mol. The lowest BCUT2D eigenvalue weighted by atomic mass is 10.2. The van der Waals surface area contributed by atoms with Gasteiger partial charge in [-0.2, -0.15) is 0 Å². The summed E-state index contributed by atoms with van der Waals surface area (Å²) in [7, 11) is 0. The highest BCUT2D eigenvalue weighted by Crippen LogP contribution is 2.30. The van der Waals surface area contributed by atoms with Crippen LogP contribution in [0.2, 0.25) is 5.02 Å². The summed E-state index contributed by atoms with van der Waals surface area (Å²) < 4.78 is 0. The topological polar surface area (TPSA) is 36.4 Å². The summed E-state index contributed by atoms with van der Waals surface area (Å²) in [6.45, 7) is 5.11. The van der Waals surface area contributed by atoms with Gasteiger partial charge in [0.15, 0.2) is 0 Å². The summed E-state index contributed by atoms with van der Waals surface area (Å²) in [6, 6.07) is 12.0. The fourth-order valence-electron chi connectivity index (χ4n) is 3.02. The molecule has 1 saturated heterocycles. The Balaban J connectivity index is 1.40. The van der Waals surface area contributed by atoms with Crippen LogP contribution in [0.5, 0.6) is 0 Å². The summed E-state index contributed by atoms with van der Waals surface area (Å²) in [5, 5.41) is 3.53. The second-order valence-corrected chi connectivity index (χ2v) is 8.79. The first kappa shape index (κ1) is 17.5. The second-order valence-electron chi connectivity index (χ2n) is 6.20. The third kappa shape index (κ3) is 3.63. The predicted octanol–water partition coefficient (Wildman–Crippen LogP) is 4.80. The summed E-state index contributed by atoms with van der Waals surface area (Å²) in [4.78, 5) is 23.9. The van der Waals surface area contributed by atoms with E-state index in [0.29, 0.717) is 18.8 Å². The first-order valence-electron chi connectivity index (χ1n) is 8.42. The SMILES string of the molecule is Cc1ccc(-c2nc(C(=O)N3CCN(c4ccc(Cl)cc4)CC3)cs2)s1. The Hall–Kier alpha value is -1.89. The Labute approximate surface area is 165 Å². The zero-order chi connectivity index (χ0) is 18.1. The fourth-order valence-corrected chi connectivity index (χ4v) is 4.88. The van der Waals surface area contributed by atoms with Crippen LogP contribution in [0.1, 0.15) is 15.4 Å². The van der Waals surface area contributed by atoms with Crippen LogP contribution in [0.25, 0.3) is 9.88 Å². The van der Waals surface area contributed by atoms with Gasteiger partial charge in [0.25, 0.3) is 5.91 Å². The molecule has 4 nitrogen and oxygen atoms in total. The van der Waals surface area contributed by atoms with Gasteiger partial charge in [-0.05, 0) is 43.3 Å². The van der Waals surface area contributed by atoms with E-state index in [1.54, 1.807) is 11.3 Å². The van der Waals surface area contributed by atoms with Crippen molar-refractivity contribution in [2.75, 3.05) is 31.1 Å². The van der Waals surface area contributed by atoms with Gasteiger partial charge in [-0.3, -0.25) is 4.79 Å². The molecule has 134 valence electrons. The van der Waals surface area contributed by atoms with Crippen LogP contribution in [0.4, 0.5) is 5.69 Å². The van der Waals surface area contributed by atoms with Crippen LogP contribution in [0.3, 0.4) is 0 Å². The van der Waals surface area contributed by atoms with Gasteiger partial charge in [0.1, 0.15) is 10.7 Å². The van der Waals surface area contributed by atoms with Crippen molar-refractivity contribution in [3.05, 3.63) is 57.4 Å². The second kappa shape index (κ2) is 7.39. The Bertz CT molecular complexity index is 911. The van der Waals surface area contributed by atoms with Gasteiger partial charge in [-0.15, -0.1) is 22.7 Å². The predicted molar refractivity (Wildman–Crippen MR) is 110 cm³/mol. The van der Waals surface area contributed by atoms with Crippen LogP contribution in [-0.4, -0.2) is 42.0 Å². The molecule has 4 rings (SSSR count). The van der Waals surface area contributed by atoms with Crippen LogP contribution < -0.4 is 4.90 Å². The van der Waals surface area contributed by atoms with Crippen LogP contribution in [0, 0.1) is 6.92 Å². The summed E-state index contributed by atoms with van der Waals surface area (Å²) in [6.07, 6.45) is 0. The lowest BCUT2D eigenvalue weighted by molar-refractivity contribution is 0.0742. The molecule has 1 aliphatic rings. The number of amides is 1. The zero-order valence-corrected chi connectivity index (χ0v) is 16.7. The fraction of sp³-hybridized carbons (Fsp3) is 0.263. The van der Waals surface area contributed by atoms with Gasteiger partial charge in [0.05, 0.1) is 4.88 Å². The van der Waals surface area contributed by atoms with E-state index >= 15 is 0 Å². The van der Waals surface area contributed by atoms with Gasteiger partial charge >= 0.3 is 0 Å². The molecule has 3 aromatic rings. The van der Waals surface area contributed by atoms with Gasteiger partial charge in [-0.25, -0.2) is 4.98 Å². The number of nitrogens with zero attached hydrogens (tertiary/aromatic N) is 3. The Morgan fingerprint density at radius 1 is 1.08 bits per heavy atom. The molecule has 0 spiro atoms. The maximum absolute atomic E-state index is 12.8. The quantitative estimate of drug-likeness (QED) is 0.630. The van der Waals surface area contributed by atoms with E-state index in [2.05, 4.69) is 28.9 Å². The third-order valence-electron chi connectivity index (χ3n) is 4.43. The number of aryl methyl sites for hydroxylation is 1. The molecule has 0 bridgehead atoms. The van der Waals surface area contributed by atoms with Crippen molar-refractivity contribution in [3.63, 3.8) is 0 Å². The number of rotatable bonds is 3. The minimum Gasteiger partial charge on any atom is -0.368 e. The van der Waals surface area contributed by atoms with E-state index in [1.165, 1.54) is 16.2 Å². The molecule has 1 aliphatic heterocycles. The first-order valence-corrected chi connectivity index (χ1v) is 10.5. The van der Waals surface area contributed by atoms with Crippen molar-refractivity contribution in [2.24, 2.45) is 0 Å². The number of hydrogen-bond donors (Lipinski definition) is 0. The number of piperazine rings is 1. The van der Waals surface area contributed by atoms with Gasteiger partial charge in [0, 0.05) is 47.1 Å². The molecule has 26 heavy (non-hydrogen) atoms. The van der Waals surface area contributed by atoms with Crippen molar-refractivity contribution in [2.45, 2.75) is 6.92 Å². The molecule has 0 aliphatic carbocycles. The number of carbonyl (C=O) groups is 1. The number of thiophene rings is 1. The molecule has 7 heteroatoms. The summed E-state index contributed by atoms with van der Waals surface area (Å²) in [5.74, 6) is 0.0246. The van der Waals surface area contributed by atoms with Gasteiger partial charge in [-0.1, -0.05) is 11.6 Å². The lowest BCUT2D eigenvalue weighted by Gasteiger charge is -2.35. The number of benzene rings is 1. The van der Waals surface area contributed by atoms with Crippen LogP contribution in [-0.2, 0) is 0 Å². The third-order valence-corrected chi connectivity index (χ3v) is 6.70. The Morgan fingerprint density at radius 2 is 1.81 bits per heavy atom. The lowest BCUT2D eigenvalue weighted by Crippen LogP contribution is -2.48. The zero-order valence-electron chi connectivity index (χ0n) is 14.3. The van der Waals surface area contributed by atoms with E-state index < -0.39 is 0 Å². The molecule has 1 fully saturated rings. The molecular weight excluding hydrogens is 386 g/mol. The highest BCUT2D eigenvalue weighted by Gasteiger charge is 2.24. The number of thiazole rings is 1. The standard InChI is InChI=1S/C19H18ClN3OS2/c1-13-2-7-17(26-13)18-21-16(12-25-18)19(24)23-10-8-22(9-11-23)15-5-3-14(20)4-6-15/h2-7,12H,8-11H2,1H3. The number of aromatic nitrogens is 1. The molecule has 0 saturated carbocycles. The van der Waals surface area contributed by atoms with E-state index in [4.69, 9.17) is 11.6 Å². The van der Waals surface area contributed by atoms with Crippen molar-refractivity contribution >= 4 is 45.9 Å². The van der Waals surface area contributed by atoms with Crippen molar-refractivity contribution in [1.29, 1.82) is 0 Å². The number of halogens is 1. The van der Waals surface area contributed by atoms with E-state index in [9.17, 15) is 4.79 Å². The van der Waals surface area contributed by atoms with E-state index in [0.717, 1.165) is 33.7 Å². The van der Waals surface area contributed by atoms with Crippen molar-refractivity contribution in [1.82, 2.24) is 9.88 Å². The number of anilines is 1. The van der Waals surface area contributed by atoms with Gasteiger partial charge < -0.3 is 9.80 Å². The maximum Gasteiger partial charge on any atom is 0.273 e. The van der Waals surface area contributed by atoms with E-state index in [-0.39, 0.29) is 5.91 Å². The largest absolute Gasteiger partial charge is 0.368 e. The smallest absolute Gasteiger partial charge is 0.273 e. The number of carbonyl (C=O) groups excluding carboxylic acids is 1. The average molecular weight is 404 g/mol. The molecular formula is C19H18ClN3OS2. The average Bonchev–Trinajstić information content (AvgIpc) is 3.31. The Morgan fingerprint density at radius 3 is 2.46 bits per heavy atom. The molecule has 0 atom stereocenters.